The first-order chi connectivity index (χ1) is 12.3. The molecule has 0 saturated heterocycles. The van der Waals surface area contributed by atoms with Gasteiger partial charge in [-0.05, 0) is 30.7 Å². The third-order valence-corrected chi connectivity index (χ3v) is 3.95. The van der Waals surface area contributed by atoms with E-state index in [1.54, 1.807) is 6.92 Å². The summed E-state index contributed by atoms with van der Waals surface area (Å²) >= 11 is 0. The minimum atomic E-state index is -1.07. The van der Waals surface area contributed by atoms with E-state index in [9.17, 15) is 23.2 Å². The van der Waals surface area contributed by atoms with Crippen LogP contribution in [-0.4, -0.2) is 26.7 Å². The largest absolute Gasteiger partial charge is 0.461 e. The van der Waals surface area contributed by atoms with Gasteiger partial charge in [0.15, 0.2) is 11.6 Å². The van der Waals surface area contributed by atoms with Gasteiger partial charge in [-0.25, -0.2) is 18.4 Å². The number of nitrogens with zero attached hydrogens (tertiary/aromatic N) is 2. The van der Waals surface area contributed by atoms with Crippen LogP contribution in [-0.2, 0) is 18.3 Å². The number of esters is 1. The third-order valence-electron chi connectivity index (χ3n) is 3.95. The molecule has 136 valence electrons. The van der Waals surface area contributed by atoms with Gasteiger partial charge >= 0.3 is 11.7 Å². The van der Waals surface area contributed by atoms with Crippen molar-refractivity contribution in [1.82, 2.24) is 14.1 Å². The van der Waals surface area contributed by atoms with Crippen molar-refractivity contribution >= 4 is 17.0 Å². The number of hydrogen-bond acceptors (Lipinski definition) is 4. The monoisotopic (exact) mass is 363 g/mol. The predicted molar refractivity (Wildman–Crippen MR) is 89.2 cm³/mol. The molecule has 3 rings (SSSR count). The second kappa shape index (κ2) is 6.58. The van der Waals surface area contributed by atoms with Crippen molar-refractivity contribution in [3.8, 4) is 0 Å². The van der Waals surface area contributed by atoms with E-state index >= 15 is 0 Å². The highest BCUT2D eigenvalue weighted by atomic mass is 19.2. The van der Waals surface area contributed by atoms with Gasteiger partial charge in [0, 0.05) is 7.05 Å². The van der Waals surface area contributed by atoms with E-state index in [2.05, 4.69) is 4.98 Å². The van der Waals surface area contributed by atoms with Crippen molar-refractivity contribution in [1.29, 1.82) is 0 Å². The van der Waals surface area contributed by atoms with Gasteiger partial charge in [0.2, 0.25) is 0 Å². The van der Waals surface area contributed by atoms with Gasteiger partial charge in [-0.3, -0.25) is 13.9 Å². The zero-order valence-corrected chi connectivity index (χ0v) is 14.0. The van der Waals surface area contributed by atoms with Crippen molar-refractivity contribution in [3.05, 3.63) is 68.0 Å². The van der Waals surface area contributed by atoms with Crippen LogP contribution in [0.2, 0.25) is 0 Å². The summed E-state index contributed by atoms with van der Waals surface area (Å²) < 4.78 is 33.4. The van der Waals surface area contributed by atoms with Crippen LogP contribution >= 0.6 is 0 Å². The van der Waals surface area contributed by atoms with Crippen LogP contribution in [0.1, 0.15) is 23.0 Å². The van der Waals surface area contributed by atoms with Crippen LogP contribution in [0.3, 0.4) is 0 Å². The van der Waals surface area contributed by atoms with Crippen LogP contribution in [0.5, 0.6) is 0 Å². The molecule has 0 unspecified atom stereocenters. The summed E-state index contributed by atoms with van der Waals surface area (Å²) in [5.41, 5.74) is -0.850. The molecule has 0 fully saturated rings. The fraction of sp³-hybridized carbons (Fsp3) is 0.235. The molecule has 0 atom stereocenters. The molecule has 0 radical (unpaired) electrons. The number of carbonyl (C=O) groups is 1. The summed E-state index contributed by atoms with van der Waals surface area (Å²) in [5, 5.41) is 0.109. The number of rotatable bonds is 4. The van der Waals surface area contributed by atoms with Gasteiger partial charge in [-0.15, -0.1) is 0 Å². The summed E-state index contributed by atoms with van der Waals surface area (Å²) in [6, 6.07) is 4.44. The van der Waals surface area contributed by atoms with Gasteiger partial charge in [0.1, 0.15) is 11.3 Å². The normalized spacial score (nSPS) is 11.1. The number of aromatic amines is 1. The Labute approximate surface area is 145 Å². The fourth-order valence-corrected chi connectivity index (χ4v) is 2.66. The molecule has 9 heteroatoms. The Morgan fingerprint density at radius 2 is 1.92 bits per heavy atom. The zero-order valence-electron chi connectivity index (χ0n) is 14.0. The van der Waals surface area contributed by atoms with E-state index in [0.717, 1.165) is 16.7 Å². The average Bonchev–Trinajstić information content (AvgIpc) is 3.06. The minimum Gasteiger partial charge on any atom is -0.461 e. The van der Waals surface area contributed by atoms with Crippen molar-refractivity contribution in [3.63, 3.8) is 0 Å². The number of fused-ring (bicyclic) bond motifs is 1. The Morgan fingerprint density at radius 1 is 1.19 bits per heavy atom. The highest BCUT2D eigenvalue weighted by molar-refractivity contribution is 5.93. The molecule has 7 nitrogen and oxygen atoms in total. The Hall–Kier alpha value is -3.23. The number of carbonyl (C=O) groups excluding carboxylic acids is 1. The maximum atomic E-state index is 13.4. The predicted octanol–water partition coefficient (Wildman–Crippen LogP) is 1.53. The number of halogens is 2. The molecule has 1 N–H and O–H groups in total. The number of benzene rings is 1. The number of ether oxygens (including phenoxy) is 1. The summed E-state index contributed by atoms with van der Waals surface area (Å²) in [6.07, 6.45) is 0. The highest BCUT2D eigenvalue weighted by Crippen LogP contribution is 2.12. The molecule has 0 aliphatic heterocycles. The van der Waals surface area contributed by atoms with Crippen molar-refractivity contribution < 1.29 is 18.3 Å². The van der Waals surface area contributed by atoms with Gasteiger partial charge in [0.05, 0.1) is 18.5 Å². The number of H-pyrrole nitrogens is 1. The number of aromatic nitrogens is 3. The van der Waals surface area contributed by atoms with Crippen molar-refractivity contribution in [2.24, 2.45) is 7.05 Å². The van der Waals surface area contributed by atoms with E-state index in [-0.39, 0.29) is 35.4 Å². The number of aryl methyl sites for hydroxylation is 1. The second-order valence-electron chi connectivity index (χ2n) is 5.65. The topological polar surface area (TPSA) is 86.1 Å². The molecule has 0 saturated carbocycles. The van der Waals surface area contributed by atoms with Crippen molar-refractivity contribution in [2.75, 3.05) is 6.61 Å². The molecule has 0 spiro atoms. The van der Waals surface area contributed by atoms with E-state index in [1.807, 2.05) is 0 Å². The quantitative estimate of drug-likeness (QED) is 0.713. The molecule has 0 amide bonds. The average molecular weight is 363 g/mol. The Bertz CT molecular complexity index is 1130. The first-order valence-corrected chi connectivity index (χ1v) is 7.77. The molecule has 0 bridgehead atoms. The fourth-order valence-electron chi connectivity index (χ4n) is 2.66. The van der Waals surface area contributed by atoms with Gasteiger partial charge in [-0.2, -0.15) is 0 Å². The van der Waals surface area contributed by atoms with E-state index in [4.69, 9.17) is 4.74 Å². The highest BCUT2D eigenvalue weighted by Gasteiger charge is 2.18. The molecule has 3 aromatic rings. The smallest absolute Gasteiger partial charge is 0.354 e. The lowest BCUT2D eigenvalue weighted by Crippen LogP contribution is -2.39. The first kappa shape index (κ1) is 17.6. The molecular weight excluding hydrogens is 348 g/mol. The molecule has 0 aliphatic carbocycles. The minimum absolute atomic E-state index is 0.0412. The Kier molecular flexibility index (Phi) is 4.45. The molecular formula is C17H15F2N3O4. The van der Waals surface area contributed by atoms with Crippen LogP contribution in [0.25, 0.3) is 11.0 Å². The molecule has 2 aromatic heterocycles. The SMILES string of the molecule is CCOC(=O)c1cc2c(=O)n(Cc3ccc(F)c(F)c3)c(=O)n(C)c2[nH]1. The van der Waals surface area contributed by atoms with Crippen LogP contribution in [0.15, 0.2) is 33.9 Å². The summed E-state index contributed by atoms with van der Waals surface area (Å²) in [6.45, 7) is 1.57. The standard InChI is InChI=1S/C17H15F2N3O4/c1-3-26-16(24)13-7-10-14(20-13)21(2)17(25)22(15(10)23)8-9-4-5-11(18)12(19)6-9/h4-7,20H,3,8H2,1-2H3. The lowest BCUT2D eigenvalue weighted by molar-refractivity contribution is 0.0520. The second-order valence-corrected chi connectivity index (χ2v) is 5.65. The Balaban J connectivity index is 2.14. The molecule has 2 heterocycles. The van der Waals surface area contributed by atoms with Crippen LogP contribution in [0.4, 0.5) is 8.78 Å². The number of hydrogen-bond donors (Lipinski definition) is 1. The van der Waals surface area contributed by atoms with Crippen LogP contribution < -0.4 is 11.2 Å². The van der Waals surface area contributed by atoms with E-state index < -0.39 is 28.9 Å². The summed E-state index contributed by atoms with van der Waals surface area (Å²) in [5.74, 6) is -2.74. The lowest BCUT2D eigenvalue weighted by Gasteiger charge is -2.08. The van der Waals surface area contributed by atoms with Crippen molar-refractivity contribution in [2.45, 2.75) is 13.5 Å². The summed E-state index contributed by atoms with van der Waals surface area (Å²) in [7, 11) is 1.43. The van der Waals surface area contributed by atoms with E-state index in [1.165, 1.54) is 23.7 Å². The summed E-state index contributed by atoms with van der Waals surface area (Å²) in [4.78, 5) is 39.7. The molecule has 0 aliphatic rings. The van der Waals surface area contributed by atoms with Gasteiger partial charge in [0.25, 0.3) is 5.56 Å². The molecule has 1 aromatic carbocycles. The van der Waals surface area contributed by atoms with Gasteiger partial charge < -0.3 is 9.72 Å². The number of nitrogens with one attached hydrogen (secondary N) is 1. The molecule has 26 heavy (non-hydrogen) atoms. The maximum Gasteiger partial charge on any atom is 0.354 e. The third kappa shape index (κ3) is 2.92. The maximum absolute atomic E-state index is 13.4. The van der Waals surface area contributed by atoms with E-state index in [0.29, 0.717) is 0 Å². The van der Waals surface area contributed by atoms with Gasteiger partial charge in [-0.1, -0.05) is 6.07 Å². The first-order valence-electron chi connectivity index (χ1n) is 7.77. The zero-order chi connectivity index (χ0) is 19.0. The van der Waals surface area contributed by atoms with Crippen LogP contribution in [0, 0.1) is 11.6 Å². The Morgan fingerprint density at radius 3 is 2.58 bits per heavy atom. The lowest BCUT2D eigenvalue weighted by atomic mass is 10.2.